The molecule has 2 aliphatic heterocycles. The average Bonchev–Trinajstić information content (AvgIpc) is 2.34. The lowest BCUT2D eigenvalue weighted by atomic mass is 9.98. The fourth-order valence-corrected chi connectivity index (χ4v) is 2.68. The van der Waals surface area contributed by atoms with Crippen molar-refractivity contribution in [3.05, 3.63) is 0 Å². The molecule has 17 heavy (non-hydrogen) atoms. The van der Waals surface area contributed by atoms with Gasteiger partial charge in [0.15, 0.2) is 0 Å². The number of carbonyl (C=O) groups excluding carboxylic acids is 2. The van der Waals surface area contributed by atoms with Gasteiger partial charge in [0.1, 0.15) is 0 Å². The van der Waals surface area contributed by atoms with Crippen LogP contribution in [0.3, 0.4) is 0 Å². The van der Waals surface area contributed by atoms with E-state index in [0.29, 0.717) is 13.0 Å². The van der Waals surface area contributed by atoms with Crippen LogP contribution in [0.15, 0.2) is 0 Å². The molecule has 0 aromatic carbocycles. The quantitative estimate of drug-likeness (QED) is 0.721. The van der Waals surface area contributed by atoms with Gasteiger partial charge in [0.05, 0.1) is 6.04 Å². The molecule has 2 aliphatic rings. The fourth-order valence-electron chi connectivity index (χ4n) is 2.68. The average molecular weight is 239 g/mol. The highest BCUT2D eigenvalue weighted by Gasteiger charge is 2.34. The predicted octanol–water partition coefficient (Wildman–Crippen LogP) is -0.134. The minimum absolute atomic E-state index is 0.0219. The van der Waals surface area contributed by atoms with E-state index >= 15 is 0 Å². The minimum Gasteiger partial charge on any atom is -0.354 e. The molecule has 5 nitrogen and oxygen atoms in total. The summed E-state index contributed by atoms with van der Waals surface area (Å²) in [7, 11) is 0. The van der Waals surface area contributed by atoms with Gasteiger partial charge in [0.2, 0.25) is 11.8 Å². The van der Waals surface area contributed by atoms with Crippen molar-refractivity contribution in [1.29, 1.82) is 0 Å². The van der Waals surface area contributed by atoms with Crippen molar-refractivity contribution in [2.75, 3.05) is 19.6 Å². The summed E-state index contributed by atoms with van der Waals surface area (Å²) in [6.07, 6.45) is 3.33. The van der Waals surface area contributed by atoms with E-state index in [9.17, 15) is 9.59 Å². The third-order valence-corrected chi connectivity index (χ3v) is 3.60. The minimum atomic E-state index is -0.0219. The van der Waals surface area contributed by atoms with E-state index in [1.54, 1.807) is 0 Å². The van der Waals surface area contributed by atoms with Gasteiger partial charge in [-0.1, -0.05) is 6.92 Å². The maximum atomic E-state index is 12.2. The Morgan fingerprint density at radius 1 is 1.41 bits per heavy atom. The summed E-state index contributed by atoms with van der Waals surface area (Å²) in [6.45, 7) is 4.30. The second-order valence-corrected chi connectivity index (χ2v) is 4.78. The van der Waals surface area contributed by atoms with Gasteiger partial charge in [-0.15, -0.1) is 0 Å². The number of nitrogens with zero attached hydrogens (tertiary/aromatic N) is 1. The third kappa shape index (κ3) is 2.77. The van der Waals surface area contributed by atoms with Crippen LogP contribution in [0.5, 0.6) is 0 Å². The highest BCUT2D eigenvalue weighted by molar-refractivity contribution is 5.83. The van der Waals surface area contributed by atoms with Gasteiger partial charge >= 0.3 is 0 Å². The standard InChI is InChI=1S/C12H21N3O2/c1-2-13-10-4-3-7-15(12(10)17)9-5-6-11(16)14-8-9/h9-10,13H,2-8H2,1H3,(H,14,16). The van der Waals surface area contributed by atoms with Crippen molar-refractivity contribution in [3.63, 3.8) is 0 Å². The Kier molecular flexibility index (Phi) is 3.99. The van der Waals surface area contributed by atoms with Gasteiger partial charge in [-0.25, -0.2) is 0 Å². The van der Waals surface area contributed by atoms with Crippen molar-refractivity contribution in [3.8, 4) is 0 Å². The molecule has 2 heterocycles. The lowest BCUT2D eigenvalue weighted by Crippen LogP contribution is -2.57. The van der Waals surface area contributed by atoms with Crippen LogP contribution >= 0.6 is 0 Å². The molecule has 2 fully saturated rings. The largest absolute Gasteiger partial charge is 0.354 e. The van der Waals surface area contributed by atoms with Crippen molar-refractivity contribution < 1.29 is 9.59 Å². The second kappa shape index (κ2) is 5.49. The van der Waals surface area contributed by atoms with E-state index in [0.717, 1.165) is 32.4 Å². The fraction of sp³-hybridized carbons (Fsp3) is 0.833. The molecule has 0 aliphatic carbocycles. The third-order valence-electron chi connectivity index (χ3n) is 3.60. The van der Waals surface area contributed by atoms with Crippen molar-refractivity contribution in [1.82, 2.24) is 15.5 Å². The normalized spacial score (nSPS) is 30.3. The molecular weight excluding hydrogens is 218 g/mol. The van der Waals surface area contributed by atoms with Gasteiger partial charge < -0.3 is 15.5 Å². The van der Waals surface area contributed by atoms with Crippen LogP contribution in [0.4, 0.5) is 0 Å². The summed E-state index contributed by atoms with van der Waals surface area (Å²) in [5.41, 5.74) is 0. The van der Waals surface area contributed by atoms with Crippen LogP contribution in [0.2, 0.25) is 0 Å². The molecule has 2 atom stereocenters. The Bertz CT molecular complexity index is 294. The molecule has 2 saturated heterocycles. The molecule has 0 radical (unpaired) electrons. The summed E-state index contributed by atoms with van der Waals surface area (Å²) >= 11 is 0. The Labute approximate surface area is 102 Å². The number of carbonyl (C=O) groups is 2. The van der Waals surface area contributed by atoms with Crippen LogP contribution in [0.1, 0.15) is 32.6 Å². The molecule has 5 heteroatoms. The molecule has 2 rings (SSSR count). The van der Waals surface area contributed by atoms with Crippen LogP contribution in [0, 0.1) is 0 Å². The Morgan fingerprint density at radius 2 is 2.24 bits per heavy atom. The Morgan fingerprint density at radius 3 is 2.88 bits per heavy atom. The maximum absolute atomic E-state index is 12.2. The van der Waals surface area contributed by atoms with Crippen LogP contribution < -0.4 is 10.6 Å². The number of rotatable bonds is 3. The van der Waals surface area contributed by atoms with E-state index in [1.165, 1.54) is 0 Å². The number of likely N-dealkylation sites (N-methyl/N-ethyl adjacent to an activating group) is 1. The Balaban J connectivity index is 1.95. The van der Waals surface area contributed by atoms with E-state index in [2.05, 4.69) is 10.6 Å². The van der Waals surface area contributed by atoms with Crippen LogP contribution in [-0.2, 0) is 9.59 Å². The van der Waals surface area contributed by atoms with Gasteiger partial charge in [0, 0.05) is 25.6 Å². The van der Waals surface area contributed by atoms with Crippen LogP contribution in [0.25, 0.3) is 0 Å². The number of nitrogens with one attached hydrogen (secondary N) is 2. The van der Waals surface area contributed by atoms with Gasteiger partial charge in [-0.2, -0.15) is 0 Å². The van der Waals surface area contributed by atoms with E-state index in [1.807, 2.05) is 11.8 Å². The van der Waals surface area contributed by atoms with E-state index in [4.69, 9.17) is 0 Å². The van der Waals surface area contributed by atoms with E-state index < -0.39 is 0 Å². The summed E-state index contributed by atoms with van der Waals surface area (Å²) in [4.78, 5) is 25.3. The summed E-state index contributed by atoms with van der Waals surface area (Å²) in [5, 5.41) is 6.08. The summed E-state index contributed by atoms with van der Waals surface area (Å²) in [6, 6.07) is 0.174. The molecule has 2 amide bonds. The smallest absolute Gasteiger partial charge is 0.240 e. The number of hydrogen-bond donors (Lipinski definition) is 2. The van der Waals surface area contributed by atoms with Crippen molar-refractivity contribution in [2.45, 2.75) is 44.7 Å². The summed E-state index contributed by atoms with van der Waals surface area (Å²) in [5.74, 6) is 0.313. The first kappa shape index (κ1) is 12.4. The molecule has 0 spiro atoms. The molecule has 0 bridgehead atoms. The number of hydrogen-bond acceptors (Lipinski definition) is 3. The first-order valence-corrected chi connectivity index (χ1v) is 6.53. The van der Waals surface area contributed by atoms with Gasteiger partial charge in [-0.05, 0) is 25.8 Å². The Hall–Kier alpha value is -1.10. The first-order chi connectivity index (χ1) is 8.22. The zero-order valence-corrected chi connectivity index (χ0v) is 10.4. The maximum Gasteiger partial charge on any atom is 0.240 e. The zero-order chi connectivity index (χ0) is 12.3. The molecule has 2 unspecified atom stereocenters. The summed E-state index contributed by atoms with van der Waals surface area (Å²) < 4.78 is 0. The lowest BCUT2D eigenvalue weighted by molar-refractivity contribution is -0.140. The first-order valence-electron chi connectivity index (χ1n) is 6.53. The topological polar surface area (TPSA) is 61.4 Å². The monoisotopic (exact) mass is 239 g/mol. The SMILES string of the molecule is CCNC1CCCN(C2CCC(=O)NC2)C1=O. The van der Waals surface area contributed by atoms with Crippen molar-refractivity contribution >= 4 is 11.8 Å². The zero-order valence-electron chi connectivity index (χ0n) is 10.4. The number of amides is 2. The highest BCUT2D eigenvalue weighted by Crippen LogP contribution is 2.18. The van der Waals surface area contributed by atoms with Crippen LogP contribution in [-0.4, -0.2) is 48.4 Å². The second-order valence-electron chi connectivity index (χ2n) is 4.78. The number of piperidine rings is 2. The predicted molar refractivity (Wildman–Crippen MR) is 64.4 cm³/mol. The van der Waals surface area contributed by atoms with Gasteiger partial charge in [0.25, 0.3) is 0 Å². The molecular formula is C12H21N3O2. The molecule has 0 saturated carbocycles. The molecule has 0 aromatic rings. The molecule has 2 N–H and O–H groups in total. The lowest BCUT2D eigenvalue weighted by Gasteiger charge is -2.39. The van der Waals surface area contributed by atoms with E-state index in [-0.39, 0.29) is 23.9 Å². The number of likely N-dealkylation sites (tertiary alicyclic amines) is 1. The molecule has 0 aromatic heterocycles. The highest BCUT2D eigenvalue weighted by atomic mass is 16.2. The molecule has 96 valence electrons. The van der Waals surface area contributed by atoms with Crippen molar-refractivity contribution in [2.24, 2.45) is 0 Å². The van der Waals surface area contributed by atoms with Gasteiger partial charge in [-0.3, -0.25) is 9.59 Å².